The zero-order chi connectivity index (χ0) is 17.5. The van der Waals surface area contributed by atoms with Crippen molar-refractivity contribution in [2.24, 2.45) is 0 Å². The van der Waals surface area contributed by atoms with Gasteiger partial charge in [0.25, 0.3) is 11.8 Å². The molecule has 0 radical (unpaired) electrons. The van der Waals surface area contributed by atoms with Gasteiger partial charge < -0.3 is 10.6 Å². The van der Waals surface area contributed by atoms with Crippen LogP contribution in [0.3, 0.4) is 0 Å². The summed E-state index contributed by atoms with van der Waals surface area (Å²) in [4.78, 5) is 28.6. The van der Waals surface area contributed by atoms with Gasteiger partial charge in [-0.1, -0.05) is 37.3 Å². The zero-order valence-electron chi connectivity index (χ0n) is 14.3. The van der Waals surface area contributed by atoms with E-state index in [1.807, 2.05) is 45.0 Å². The number of nitrogens with one attached hydrogen (secondary N) is 2. The van der Waals surface area contributed by atoms with E-state index in [4.69, 9.17) is 0 Å². The molecule has 2 rings (SSSR count). The Labute approximate surface area is 142 Å². The van der Waals surface area contributed by atoms with Crippen molar-refractivity contribution >= 4 is 11.8 Å². The first-order valence-electron chi connectivity index (χ1n) is 8.12. The Morgan fingerprint density at radius 1 is 1.04 bits per heavy atom. The molecule has 1 heterocycles. The fraction of sp³-hybridized carbons (Fsp3) is 0.316. The van der Waals surface area contributed by atoms with Crippen LogP contribution in [0.2, 0.25) is 0 Å². The zero-order valence-corrected chi connectivity index (χ0v) is 14.3. The third-order valence-electron chi connectivity index (χ3n) is 3.90. The Hall–Kier alpha value is -2.69. The summed E-state index contributed by atoms with van der Waals surface area (Å²) in [5.74, 6) is -0.561. The molecule has 0 saturated carbocycles. The summed E-state index contributed by atoms with van der Waals surface area (Å²) in [6.45, 7) is 6.35. The molecule has 5 nitrogen and oxygen atoms in total. The van der Waals surface area contributed by atoms with Gasteiger partial charge in [-0.15, -0.1) is 0 Å². The van der Waals surface area contributed by atoms with Gasteiger partial charge in [-0.3, -0.25) is 9.59 Å². The maximum absolute atomic E-state index is 12.3. The van der Waals surface area contributed by atoms with Crippen molar-refractivity contribution in [3.05, 3.63) is 65.0 Å². The van der Waals surface area contributed by atoms with Gasteiger partial charge >= 0.3 is 0 Å². The molecule has 0 saturated heterocycles. The van der Waals surface area contributed by atoms with Gasteiger partial charge in [0.1, 0.15) is 11.4 Å². The van der Waals surface area contributed by atoms with Crippen molar-refractivity contribution in [1.29, 1.82) is 0 Å². The first kappa shape index (κ1) is 17.7. The minimum atomic E-state index is -0.295. The van der Waals surface area contributed by atoms with Gasteiger partial charge in [0.2, 0.25) is 0 Å². The third kappa shape index (κ3) is 4.65. The summed E-state index contributed by atoms with van der Waals surface area (Å²) in [6.07, 6.45) is 0.836. The molecule has 126 valence electrons. The van der Waals surface area contributed by atoms with Crippen LogP contribution < -0.4 is 10.6 Å². The first-order valence-corrected chi connectivity index (χ1v) is 8.12. The van der Waals surface area contributed by atoms with Crippen LogP contribution in [-0.4, -0.2) is 22.8 Å². The molecule has 0 fully saturated rings. The molecule has 0 aliphatic heterocycles. The van der Waals surface area contributed by atoms with Crippen LogP contribution in [0, 0.1) is 6.92 Å². The van der Waals surface area contributed by atoms with Crippen molar-refractivity contribution < 1.29 is 9.59 Å². The average molecular weight is 325 g/mol. The molecule has 0 aliphatic rings. The van der Waals surface area contributed by atoms with Crippen LogP contribution in [-0.2, 0) is 6.54 Å². The molecule has 5 heteroatoms. The van der Waals surface area contributed by atoms with E-state index in [-0.39, 0.29) is 29.2 Å². The molecule has 1 unspecified atom stereocenters. The van der Waals surface area contributed by atoms with E-state index in [0.29, 0.717) is 6.54 Å². The summed E-state index contributed by atoms with van der Waals surface area (Å²) >= 11 is 0. The smallest absolute Gasteiger partial charge is 0.270 e. The highest BCUT2D eigenvalue weighted by atomic mass is 16.2. The molecule has 2 N–H and O–H groups in total. The van der Waals surface area contributed by atoms with Crippen LogP contribution in [0.5, 0.6) is 0 Å². The Kier molecular flexibility index (Phi) is 6.07. The van der Waals surface area contributed by atoms with E-state index in [9.17, 15) is 9.59 Å². The first-order chi connectivity index (χ1) is 11.5. The summed E-state index contributed by atoms with van der Waals surface area (Å²) < 4.78 is 0. The molecular formula is C19H23N3O2. The van der Waals surface area contributed by atoms with Crippen molar-refractivity contribution in [2.75, 3.05) is 0 Å². The van der Waals surface area contributed by atoms with E-state index in [1.165, 1.54) is 0 Å². The van der Waals surface area contributed by atoms with E-state index in [2.05, 4.69) is 15.6 Å². The Bertz CT molecular complexity index is 728. The Balaban J connectivity index is 2.03. The predicted octanol–water partition coefficient (Wildman–Crippen LogP) is 2.85. The quantitative estimate of drug-likeness (QED) is 0.858. The highest BCUT2D eigenvalue weighted by molar-refractivity contribution is 5.96. The molecule has 1 atom stereocenters. The molecule has 1 aromatic heterocycles. The summed E-state index contributed by atoms with van der Waals surface area (Å²) in [5, 5.41) is 5.69. The minimum Gasteiger partial charge on any atom is -0.348 e. The Morgan fingerprint density at radius 2 is 1.71 bits per heavy atom. The van der Waals surface area contributed by atoms with Gasteiger partial charge in [-0.05, 0) is 43.5 Å². The fourth-order valence-electron chi connectivity index (χ4n) is 2.16. The molecule has 24 heavy (non-hydrogen) atoms. The number of rotatable bonds is 6. The SMILES string of the molecule is CCC(C)NC(=O)c1cccc(C(=O)NCc2ccccc2C)n1. The summed E-state index contributed by atoms with van der Waals surface area (Å²) in [5.41, 5.74) is 2.66. The topological polar surface area (TPSA) is 71.1 Å². The number of benzene rings is 1. The lowest BCUT2D eigenvalue weighted by Gasteiger charge is -2.11. The summed E-state index contributed by atoms with van der Waals surface area (Å²) in [7, 11) is 0. The molecule has 1 aromatic carbocycles. The molecule has 0 bridgehead atoms. The summed E-state index contributed by atoms with van der Waals surface area (Å²) in [6, 6.07) is 12.8. The van der Waals surface area contributed by atoms with Crippen LogP contribution in [0.25, 0.3) is 0 Å². The van der Waals surface area contributed by atoms with E-state index in [0.717, 1.165) is 17.5 Å². The van der Waals surface area contributed by atoms with Crippen molar-refractivity contribution in [1.82, 2.24) is 15.6 Å². The average Bonchev–Trinajstić information content (AvgIpc) is 2.60. The number of hydrogen-bond donors (Lipinski definition) is 2. The number of nitrogens with zero attached hydrogens (tertiary/aromatic N) is 1. The van der Waals surface area contributed by atoms with Crippen molar-refractivity contribution in [3.8, 4) is 0 Å². The molecule has 2 aromatic rings. The second-order valence-corrected chi connectivity index (χ2v) is 5.80. The fourth-order valence-corrected chi connectivity index (χ4v) is 2.16. The lowest BCUT2D eigenvalue weighted by molar-refractivity contribution is 0.0933. The molecule has 2 amide bonds. The maximum Gasteiger partial charge on any atom is 0.270 e. The van der Waals surface area contributed by atoms with Crippen molar-refractivity contribution in [3.63, 3.8) is 0 Å². The van der Waals surface area contributed by atoms with Crippen molar-refractivity contribution in [2.45, 2.75) is 39.8 Å². The van der Waals surface area contributed by atoms with Gasteiger partial charge in [0.15, 0.2) is 0 Å². The van der Waals surface area contributed by atoms with Crippen LogP contribution in [0.1, 0.15) is 52.4 Å². The van der Waals surface area contributed by atoms with Gasteiger partial charge in [0, 0.05) is 12.6 Å². The predicted molar refractivity (Wildman–Crippen MR) is 93.8 cm³/mol. The van der Waals surface area contributed by atoms with E-state index < -0.39 is 0 Å². The lowest BCUT2D eigenvalue weighted by Crippen LogP contribution is -2.33. The number of pyridine rings is 1. The molecule has 0 aliphatic carbocycles. The molecule has 0 spiro atoms. The van der Waals surface area contributed by atoms with Gasteiger partial charge in [-0.25, -0.2) is 4.98 Å². The normalized spacial score (nSPS) is 11.6. The minimum absolute atomic E-state index is 0.0674. The number of hydrogen-bond acceptors (Lipinski definition) is 3. The van der Waals surface area contributed by atoms with Gasteiger partial charge in [-0.2, -0.15) is 0 Å². The number of carbonyl (C=O) groups excluding carboxylic acids is 2. The van der Waals surface area contributed by atoms with E-state index >= 15 is 0 Å². The highest BCUT2D eigenvalue weighted by Gasteiger charge is 2.13. The second-order valence-electron chi connectivity index (χ2n) is 5.80. The number of carbonyl (C=O) groups is 2. The van der Waals surface area contributed by atoms with Gasteiger partial charge in [0.05, 0.1) is 0 Å². The standard InChI is InChI=1S/C19H23N3O2/c1-4-14(3)21-19(24)17-11-7-10-16(22-17)18(23)20-12-15-9-6-5-8-13(15)2/h5-11,14H,4,12H2,1-3H3,(H,20,23)(H,21,24). The van der Waals surface area contributed by atoms with Crippen LogP contribution in [0.4, 0.5) is 0 Å². The lowest BCUT2D eigenvalue weighted by atomic mass is 10.1. The molecular weight excluding hydrogens is 302 g/mol. The monoisotopic (exact) mass is 325 g/mol. The number of aromatic nitrogens is 1. The maximum atomic E-state index is 12.3. The van der Waals surface area contributed by atoms with Crippen LogP contribution >= 0.6 is 0 Å². The van der Waals surface area contributed by atoms with E-state index in [1.54, 1.807) is 18.2 Å². The number of amides is 2. The third-order valence-corrected chi connectivity index (χ3v) is 3.90. The highest BCUT2D eigenvalue weighted by Crippen LogP contribution is 2.07. The Morgan fingerprint density at radius 3 is 2.38 bits per heavy atom. The second kappa shape index (κ2) is 8.24. The largest absolute Gasteiger partial charge is 0.348 e. The number of aryl methyl sites for hydroxylation is 1. The van der Waals surface area contributed by atoms with Crippen LogP contribution in [0.15, 0.2) is 42.5 Å².